The number of carbonyl (C=O) groups is 1. The third-order valence-corrected chi connectivity index (χ3v) is 4.04. The first-order valence-corrected chi connectivity index (χ1v) is 8.38. The molecule has 4 aromatic rings. The molecule has 0 atom stereocenters. The molecule has 0 unspecified atom stereocenters. The number of aromatic amines is 1. The standard InChI is InChI=1S/C22H17N3O/c26-22(17-11-5-2-6-12-17)25-20(15-16-9-3-1-4-10-16)21-23-18-13-7-8-14-19(18)24-21/h1-15H,(H,23,24)(H,25,26)/b20-15-. The molecular weight excluding hydrogens is 322 g/mol. The summed E-state index contributed by atoms with van der Waals surface area (Å²) in [5.41, 5.74) is 3.99. The average Bonchev–Trinajstić information content (AvgIpc) is 3.13. The van der Waals surface area contributed by atoms with Crippen molar-refractivity contribution in [1.29, 1.82) is 0 Å². The zero-order valence-corrected chi connectivity index (χ0v) is 14.0. The number of H-pyrrole nitrogens is 1. The van der Waals surface area contributed by atoms with E-state index in [2.05, 4.69) is 15.3 Å². The smallest absolute Gasteiger partial charge is 0.255 e. The Hall–Kier alpha value is -3.66. The minimum atomic E-state index is -0.173. The van der Waals surface area contributed by atoms with E-state index in [1.165, 1.54) is 0 Å². The number of nitrogens with zero attached hydrogens (tertiary/aromatic N) is 1. The van der Waals surface area contributed by atoms with Gasteiger partial charge in [-0.15, -0.1) is 0 Å². The summed E-state index contributed by atoms with van der Waals surface area (Å²) < 4.78 is 0. The van der Waals surface area contributed by atoms with Gasteiger partial charge in [0.05, 0.1) is 16.7 Å². The second-order valence-electron chi connectivity index (χ2n) is 5.89. The monoisotopic (exact) mass is 339 g/mol. The molecule has 1 aromatic heterocycles. The van der Waals surface area contributed by atoms with Crippen molar-refractivity contribution in [1.82, 2.24) is 15.3 Å². The number of hydrogen-bond donors (Lipinski definition) is 2. The summed E-state index contributed by atoms with van der Waals surface area (Å²) in [5, 5.41) is 2.99. The highest BCUT2D eigenvalue weighted by molar-refractivity contribution is 6.01. The molecule has 0 aliphatic carbocycles. The molecule has 2 N–H and O–H groups in total. The van der Waals surface area contributed by atoms with Crippen LogP contribution < -0.4 is 5.32 Å². The van der Waals surface area contributed by atoms with Crippen molar-refractivity contribution < 1.29 is 4.79 Å². The first kappa shape index (κ1) is 15.8. The van der Waals surface area contributed by atoms with Gasteiger partial charge in [-0.2, -0.15) is 0 Å². The molecule has 4 nitrogen and oxygen atoms in total. The van der Waals surface area contributed by atoms with E-state index in [-0.39, 0.29) is 5.91 Å². The van der Waals surface area contributed by atoms with Crippen molar-refractivity contribution >= 4 is 28.7 Å². The lowest BCUT2D eigenvalue weighted by atomic mass is 10.1. The van der Waals surface area contributed by atoms with Gasteiger partial charge >= 0.3 is 0 Å². The van der Waals surface area contributed by atoms with Crippen molar-refractivity contribution in [3.05, 3.63) is 102 Å². The summed E-state index contributed by atoms with van der Waals surface area (Å²) in [7, 11) is 0. The van der Waals surface area contributed by atoms with Gasteiger partial charge in [0, 0.05) is 5.56 Å². The highest BCUT2D eigenvalue weighted by Gasteiger charge is 2.13. The Kier molecular flexibility index (Phi) is 4.31. The molecule has 0 aliphatic heterocycles. The SMILES string of the molecule is O=C(N/C(=C\c1ccccc1)c1nc2ccccc2[nH]1)c1ccccc1. The van der Waals surface area contributed by atoms with Gasteiger partial charge in [-0.05, 0) is 35.9 Å². The van der Waals surface area contributed by atoms with Crippen molar-refractivity contribution in [3.63, 3.8) is 0 Å². The molecule has 0 saturated heterocycles. The lowest BCUT2D eigenvalue weighted by Crippen LogP contribution is -2.22. The fraction of sp³-hybridized carbons (Fsp3) is 0. The van der Waals surface area contributed by atoms with Crippen LogP contribution in [-0.2, 0) is 0 Å². The number of amides is 1. The number of nitrogens with one attached hydrogen (secondary N) is 2. The van der Waals surface area contributed by atoms with Crippen LogP contribution in [0.5, 0.6) is 0 Å². The molecule has 3 aromatic carbocycles. The maximum atomic E-state index is 12.6. The maximum absolute atomic E-state index is 12.6. The molecule has 4 rings (SSSR count). The quantitative estimate of drug-likeness (QED) is 0.575. The third kappa shape index (κ3) is 3.39. The van der Waals surface area contributed by atoms with Crippen LogP contribution in [0.2, 0.25) is 0 Å². The van der Waals surface area contributed by atoms with E-state index in [1.807, 2.05) is 78.9 Å². The number of aromatic nitrogens is 2. The molecule has 126 valence electrons. The number of hydrogen-bond acceptors (Lipinski definition) is 2. The first-order valence-electron chi connectivity index (χ1n) is 8.38. The Morgan fingerprint density at radius 1 is 0.846 bits per heavy atom. The summed E-state index contributed by atoms with van der Waals surface area (Å²) in [5.74, 6) is 0.451. The molecule has 4 heteroatoms. The lowest BCUT2D eigenvalue weighted by Gasteiger charge is -2.08. The van der Waals surface area contributed by atoms with E-state index < -0.39 is 0 Å². The summed E-state index contributed by atoms with van der Waals surface area (Å²) in [4.78, 5) is 20.5. The molecule has 0 aliphatic rings. The summed E-state index contributed by atoms with van der Waals surface area (Å²) in [6.07, 6.45) is 1.92. The predicted octanol–water partition coefficient (Wildman–Crippen LogP) is 4.49. The zero-order chi connectivity index (χ0) is 17.8. The highest BCUT2D eigenvalue weighted by atomic mass is 16.1. The normalized spacial score (nSPS) is 11.5. The minimum absolute atomic E-state index is 0.173. The molecule has 0 fully saturated rings. The maximum Gasteiger partial charge on any atom is 0.255 e. The van der Waals surface area contributed by atoms with Crippen LogP contribution >= 0.6 is 0 Å². The summed E-state index contributed by atoms with van der Waals surface area (Å²) >= 11 is 0. The Labute approximate surface area is 151 Å². The van der Waals surface area contributed by atoms with Crippen molar-refractivity contribution in [2.75, 3.05) is 0 Å². The van der Waals surface area contributed by atoms with E-state index in [1.54, 1.807) is 12.1 Å². The van der Waals surface area contributed by atoms with E-state index in [9.17, 15) is 4.79 Å². The fourth-order valence-electron chi connectivity index (χ4n) is 2.74. The van der Waals surface area contributed by atoms with Gasteiger partial charge in [-0.25, -0.2) is 4.98 Å². The Balaban J connectivity index is 1.74. The summed E-state index contributed by atoms with van der Waals surface area (Å²) in [6, 6.07) is 26.8. The van der Waals surface area contributed by atoms with Gasteiger partial charge < -0.3 is 10.3 Å². The number of benzene rings is 3. The molecule has 1 heterocycles. The van der Waals surface area contributed by atoms with E-state index >= 15 is 0 Å². The molecule has 26 heavy (non-hydrogen) atoms. The van der Waals surface area contributed by atoms with E-state index in [0.29, 0.717) is 17.1 Å². The van der Waals surface area contributed by atoms with Crippen LogP contribution in [0.15, 0.2) is 84.9 Å². The van der Waals surface area contributed by atoms with E-state index in [0.717, 1.165) is 16.6 Å². The molecule has 0 bridgehead atoms. The van der Waals surface area contributed by atoms with Crippen LogP contribution in [-0.4, -0.2) is 15.9 Å². The van der Waals surface area contributed by atoms with Gasteiger partial charge in [0.25, 0.3) is 5.91 Å². The topological polar surface area (TPSA) is 57.8 Å². The zero-order valence-electron chi connectivity index (χ0n) is 14.0. The average molecular weight is 339 g/mol. The van der Waals surface area contributed by atoms with Crippen molar-refractivity contribution in [2.45, 2.75) is 0 Å². The molecule has 1 amide bonds. The Bertz CT molecular complexity index is 1030. The van der Waals surface area contributed by atoms with Gasteiger partial charge in [0.15, 0.2) is 5.82 Å². The largest absolute Gasteiger partial charge is 0.337 e. The molecular formula is C22H17N3O. The van der Waals surface area contributed by atoms with Crippen LogP contribution in [0.4, 0.5) is 0 Å². The third-order valence-electron chi connectivity index (χ3n) is 4.04. The molecule has 0 saturated carbocycles. The van der Waals surface area contributed by atoms with Crippen molar-refractivity contribution in [2.24, 2.45) is 0 Å². The van der Waals surface area contributed by atoms with Crippen molar-refractivity contribution in [3.8, 4) is 0 Å². The van der Waals surface area contributed by atoms with Gasteiger partial charge in [-0.3, -0.25) is 4.79 Å². The van der Waals surface area contributed by atoms with Crippen LogP contribution in [0.1, 0.15) is 21.7 Å². The number of para-hydroxylation sites is 2. The fourth-order valence-corrected chi connectivity index (χ4v) is 2.74. The van der Waals surface area contributed by atoms with Crippen LogP contribution in [0.3, 0.4) is 0 Å². The second-order valence-corrected chi connectivity index (χ2v) is 5.89. The van der Waals surface area contributed by atoms with E-state index in [4.69, 9.17) is 0 Å². The lowest BCUT2D eigenvalue weighted by molar-refractivity contribution is 0.0973. The number of carbonyl (C=O) groups excluding carboxylic acids is 1. The molecule has 0 radical (unpaired) electrons. The number of fused-ring (bicyclic) bond motifs is 1. The number of rotatable bonds is 4. The van der Waals surface area contributed by atoms with Crippen LogP contribution in [0.25, 0.3) is 22.8 Å². The van der Waals surface area contributed by atoms with Crippen LogP contribution in [0, 0.1) is 0 Å². The Morgan fingerprint density at radius 2 is 1.50 bits per heavy atom. The summed E-state index contributed by atoms with van der Waals surface area (Å²) in [6.45, 7) is 0. The van der Waals surface area contributed by atoms with Gasteiger partial charge in [-0.1, -0.05) is 60.7 Å². The minimum Gasteiger partial charge on any atom is -0.337 e. The first-order chi connectivity index (χ1) is 12.8. The Morgan fingerprint density at radius 3 is 2.23 bits per heavy atom. The highest BCUT2D eigenvalue weighted by Crippen LogP contribution is 2.18. The molecule has 0 spiro atoms. The number of imidazole rings is 1. The second kappa shape index (κ2) is 7.07. The van der Waals surface area contributed by atoms with Gasteiger partial charge in [0.1, 0.15) is 0 Å². The predicted molar refractivity (Wildman–Crippen MR) is 104 cm³/mol. The van der Waals surface area contributed by atoms with Gasteiger partial charge in [0.2, 0.25) is 0 Å².